The van der Waals surface area contributed by atoms with Crippen LogP contribution < -0.4 is 5.73 Å². The van der Waals surface area contributed by atoms with Gasteiger partial charge in [-0.2, -0.15) is 0 Å². The van der Waals surface area contributed by atoms with Crippen LogP contribution in [0, 0.1) is 5.92 Å². The lowest BCUT2D eigenvalue weighted by molar-refractivity contribution is 0.332. The molecular weight excluding hydrogens is 228 g/mol. The molecule has 1 aliphatic carbocycles. The van der Waals surface area contributed by atoms with Crippen LogP contribution in [-0.4, -0.2) is 11.5 Å². The van der Waals surface area contributed by atoms with E-state index in [4.69, 9.17) is 10.7 Å². The van der Waals surface area contributed by atoms with E-state index in [2.05, 4.69) is 24.3 Å². The Kier molecular flexibility index (Phi) is 3.12. The summed E-state index contributed by atoms with van der Waals surface area (Å²) < 4.78 is 1.32. The van der Waals surface area contributed by atoms with Crippen LogP contribution in [0.25, 0.3) is 10.2 Å². The van der Waals surface area contributed by atoms with Gasteiger partial charge in [-0.05, 0) is 50.3 Å². The molecule has 1 aromatic heterocycles. The summed E-state index contributed by atoms with van der Waals surface area (Å²) in [4.78, 5) is 4.77. The summed E-state index contributed by atoms with van der Waals surface area (Å²) in [5.74, 6) is 1.43. The zero-order chi connectivity index (χ0) is 11.7. The topological polar surface area (TPSA) is 38.9 Å². The predicted molar refractivity (Wildman–Crippen MR) is 73.4 cm³/mol. The zero-order valence-corrected chi connectivity index (χ0v) is 10.7. The highest BCUT2D eigenvalue weighted by Gasteiger charge is 2.23. The van der Waals surface area contributed by atoms with Gasteiger partial charge >= 0.3 is 0 Å². The van der Waals surface area contributed by atoms with Gasteiger partial charge in [-0.15, -0.1) is 11.3 Å². The van der Waals surface area contributed by atoms with Crippen LogP contribution in [0.3, 0.4) is 0 Å². The molecule has 0 saturated heterocycles. The first kappa shape index (κ1) is 11.2. The Morgan fingerprint density at radius 3 is 2.65 bits per heavy atom. The maximum atomic E-state index is 5.74. The Morgan fingerprint density at radius 2 is 1.94 bits per heavy atom. The average Bonchev–Trinajstić information content (AvgIpc) is 2.82. The van der Waals surface area contributed by atoms with E-state index in [0.29, 0.717) is 5.92 Å². The lowest BCUT2D eigenvalue weighted by Gasteiger charge is -2.26. The molecule has 0 bridgehead atoms. The van der Waals surface area contributed by atoms with Gasteiger partial charge in [0.2, 0.25) is 0 Å². The molecule has 0 aliphatic heterocycles. The SMILES string of the molecule is NCC1CCC(c2nc3ccccc3s2)CC1. The Hall–Kier alpha value is -0.930. The van der Waals surface area contributed by atoms with Crippen molar-refractivity contribution < 1.29 is 0 Å². The number of fused-ring (bicyclic) bond motifs is 1. The summed E-state index contributed by atoms with van der Waals surface area (Å²) in [7, 11) is 0. The van der Waals surface area contributed by atoms with Crippen LogP contribution in [0.4, 0.5) is 0 Å². The molecule has 2 aromatic rings. The number of hydrogen-bond acceptors (Lipinski definition) is 3. The van der Waals surface area contributed by atoms with Crippen molar-refractivity contribution in [3.05, 3.63) is 29.3 Å². The van der Waals surface area contributed by atoms with E-state index in [0.717, 1.165) is 18.0 Å². The second-order valence-electron chi connectivity index (χ2n) is 4.97. The van der Waals surface area contributed by atoms with Gasteiger partial charge in [0.15, 0.2) is 0 Å². The standard InChI is InChI=1S/C14H18N2S/c15-9-10-5-7-11(8-6-10)14-16-12-3-1-2-4-13(12)17-14/h1-4,10-11H,5-9,15H2. The molecule has 1 fully saturated rings. The first-order valence-electron chi connectivity index (χ1n) is 6.42. The van der Waals surface area contributed by atoms with E-state index < -0.39 is 0 Å². The highest BCUT2D eigenvalue weighted by Crippen LogP contribution is 2.38. The number of para-hydroxylation sites is 1. The van der Waals surface area contributed by atoms with Gasteiger partial charge in [0.25, 0.3) is 0 Å². The number of hydrogen-bond donors (Lipinski definition) is 1. The number of thiazole rings is 1. The van der Waals surface area contributed by atoms with Gasteiger partial charge in [-0.1, -0.05) is 12.1 Å². The van der Waals surface area contributed by atoms with Crippen molar-refractivity contribution in [3.8, 4) is 0 Å². The molecule has 2 nitrogen and oxygen atoms in total. The van der Waals surface area contributed by atoms with Crippen LogP contribution in [0.5, 0.6) is 0 Å². The number of nitrogens with two attached hydrogens (primary N) is 1. The van der Waals surface area contributed by atoms with Gasteiger partial charge in [0, 0.05) is 5.92 Å². The highest BCUT2D eigenvalue weighted by atomic mass is 32.1. The van der Waals surface area contributed by atoms with Crippen LogP contribution in [0.2, 0.25) is 0 Å². The Balaban J connectivity index is 1.80. The van der Waals surface area contributed by atoms with Gasteiger partial charge < -0.3 is 5.73 Å². The van der Waals surface area contributed by atoms with Crippen molar-refractivity contribution in [2.45, 2.75) is 31.6 Å². The van der Waals surface area contributed by atoms with E-state index in [9.17, 15) is 0 Å². The summed E-state index contributed by atoms with van der Waals surface area (Å²) in [6.07, 6.45) is 5.08. The summed E-state index contributed by atoms with van der Waals surface area (Å²) in [5, 5.41) is 1.33. The molecule has 3 rings (SSSR count). The second-order valence-corrected chi connectivity index (χ2v) is 6.04. The van der Waals surface area contributed by atoms with E-state index in [1.807, 2.05) is 11.3 Å². The Morgan fingerprint density at radius 1 is 1.18 bits per heavy atom. The molecule has 3 heteroatoms. The molecule has 0 spiro atoms. The monoisotopic (exact) mass is 246 g/mol. The van der Waals surface area contributed by atoms with Crippen molar-refractivity contribution in [1.82, 2.24) is 4.98 Å². The molecule has 1 saturated carbocycles. The van der Waals surface area contributed by atoms with Crippen LogP contribution >= 0.6 is 11.3 Å². The molecule has 17 heavy (non-hydrogen) atoms. The summed E-state index contributed by atoms with van der Waals surface area (Å²) >= 11 is 1.87. The average molecular weight is 246 g/mol. The molecular formula is C14H18N2S. The predicted octanol–water partition coefficient (Wildman–Crippen LogP) is 3.53. The first-order chi connectivity index (χ1) is 8.36. The van der Waals surface area contributed by atoms with Gasteiger partial charge in [-0.25, -0.2) is 4.98 Å². The normalized spacial score (nSPS) is 25.2. The van der Waals surface area contributed by atoms with Crippen LogP contribution in [0.1, 0.15) is 36.6 Å². The minimum absolute atomic E-state index is 0.676. The van der Waals surface area contributed by atoms with Crippen LogP contribution in [0.15, 0.2) is 24.3 Å². The van der Waals surface area contributed by atoms with E-state index in [1.165, 1.54) is 35.4 Å². The molecule has 0 radical (unpaired) electrons. The minimum atomic E-state index is 0.676. The van der Waals surface area contributed by atoms with Crippen LogP contribution in [-0.2, 0) is 0 Å². The van der Waals surface area contributed by atoms with Crippen molar-refractivity contribution in [2.75, 3.05) is 6.54 Å². The zero-order valence-electron chi connectivity index (χ0n) is 9.93. The highest BCUT2D eigenvalue weighted by molar-refractivity contribution is 7.18. The summed E-state index contributed by atoms with van der Waals surface area (Å²) in [6.45, 7) is 0.854. The number of rotatable bonds is 2. The fourth-order valence-electron chi connectivity index (χ4n) is 2.71. The maximum Gasteiger partial charge on any atom is 0.0969 e. The van der Waals surface area contributed by atoms with Crippen molar-refractivity contribution in [1.29, 1.82) is 0 Å². The Bertz CT molecular complexity index is 465. The quantitative estimate of drug-likeness (QED) is 0.880. The summed E-state index contributed by atoms with van der Waals surface area (Å²) in [6, 6.07) is 8.44. The molecule has 90 valence electrons. The Labute approximate surface area is 106 Å². The van der Waals surface area contributed by atoms with E-state index in [1.54, 1.807) is 0 Å². The molecule has 2 N–H and O–H groups in total. The number of nitrogens with zero attached hydrogens (tertiary/aromatic N) is 1. The van der Waals surface area contributed by atoms with Crippen molar-refractivity contribution >= 4 is 21.6 Å². The summed E-state index contributed by atoms with van der Waals surface area (Å²) in [5.41, 5.74) is 6.90. The molecule has 1 heterocycles. The van der Waals surface area contributed by atoms with Gasteiger partial charge in [-0.3, -0.25) is 0 Å². The molecule has 0 amide bonds. The largest absolute Gasteiger partial charge is 0.330 e. The second kappa shape index (κ2) is 4.75. The fraction of sp³-hybridized carbons (Fsp3) is 0.500. The molecule has 0 atom stereocenters. The molecule has 1 aromatic carbocycles. The van der Waals surface area contributed by atoms with Crippen molar-refractivity contribution in [3.63, 3.8) is 0 Å². The van der Waals surface area contributed by atoms with Gasteiger partial charge in [0.1, 0.15) is 0 Å². The lowest BCUT2D eigenvalue weighted by atomic mass is 9.82. The maximum absolute atomic E-state index is 5.74. The van der Waals surface area contributed by atoms with Crippen molar-refractivity contribution in [2.24, 2.45) is 11.7 Å². The lowest BCUT2D eigenvalue weighted by Crippen LogP contribution is -2.20. The third-order valence-corrected chi connectivity index (χ3v) is 5.04. The third-order valence-electron chi connectivity index (χ3n) is 3.84. The van der Waals surface area contributed by atoms with E-state index >= 15 is 0 Å². The van der Waals surface area contributed by atoms with E-state index in [-0.39, 0.29) is 0 Å². The smallest absolute Gasteiger partial charge is 0.0969 e. The first-order valence-corrected chi connectivity index (χ1v) is 7.24. The third kappa shape index (κ3) is 2.22. The minimum Gasteiger partial charge on any atom is -0.330 e. The molecule has 0 unspecified atom stereocenters. The molecule has 1 aliphatic rings. The fourth-order valence-corrected chi connectivity index (χ4v) is 3.85. The van der Waals surface area contributed by atoms with Gasteiger partial charge in [0.05, 0.1) is 15.2 Å². The number of benzene rings is 1. The number of aromatic nitrogens is 1.